The lowest BCUT2D eigenvalue weighted by atomic mass is 9.77. The number of nitrogens with zero attached hydrogens (tertiary/aromatic N) is 2. The minimum Gasteiger partial charge on any atom is -0.493 e. The smallest absolute Gasteiger partial charge is 0.492 e. The number of rotatable bonds is 7. The molecular formula is C14H19BN4O3S. The van der Waals surface area contributed by atoms with Gasteiger partial charge in [0.15, 0.2) is 0 Å². The number of hydrogen-bond acceptors (Lipinski definition) is 8. The normalized spacial score (nSPS) is 11.0. The van der Waals surface area contributed by atoms with E-state index in [1.165, 1.54) is 11.3 Å². The molecule has 1 aromatic heterocycles. The predicted octanol–water partition coefficient (Wildman–Crippen LogP) is 0.948. The van der Waals surface area contributed by atoms with E-state index < -0.39 is 7.12 Å². The Morgan fingerprint density at radius 2 is 2.26 bits per heavy atom. The van der Waals surface area contributed by atoms with Gasteiger partial charge in [-0.1, -0.05) is 18.6 Å². The Balaban J connectivity index is 2.27. The van der Waals surface area contributed by atoms with Crippen LogP contribution in [0.4, 0.5) is 10.9 Å². The molecule has 23 heavy (non-hydrogen) atoms. The summed E-state index contributed by atoms with van der Waals surface area (Å²) in [5.41, 5.74) is 10.2. The number of hydrogen-bond donors (Lipinski definition) is 4. The first-order valence-corrected chi connectivity index (χ1v) is 8.02. The summed E-state index contributed by atoms with van der Waals surface area (Å²) in [4.78, 5) is 4.04. The summed E-state index contributed by atoms with van der Waals surface area (Å²) < 4.78 is 5.67. The molecule has 0 radical (unpaired) electrons. The maximum Gasteiger partial charge on any atom is 0.492 e. The molecule has 0 aliphatic carbocycles. The zero-order valence-electron chi connectivity index (χ0n) is 13.0. The summed E-state index contributed by atoms with van der Waals surface area (Å²) in [6, 6.07) is 3.54. The number of nitrogen functional groups attached to an aromatic ring is 1. The highest BCUT2D eigenvalue weighted by Gasteiger charge is 2.20. The van der Waals surface area contributed by atoms with Crippen LogP contribution < -0.4 is 21.4 Å². The molecule has 122 valence electrons. The van der Waals surface area contributed by atoms with Crippen LogP contribution in [0.2, 0.25) is 0 Å². The zero-order valence-corrected chi connectivity index (χ0v) is 13.8. The lowest BCUT2D eigenvalue weighted by Gasteiger charge is -2.14. The molecule has 1 heterocycles. The Labute approximate surface area is 139 Å². The molecule has 0 unspecified atom stereocenters. The highest BCUT2D eigenvalue weighted by Crippen LogP contribution is 2.19. The van der Waals surface area contributed by atoms with E-state index >= 15 is 0 Å². The van der Waals surface area contributed by atoms with E-state index in [1.807, 2.05) is 19.9 Å². The molecule has 0 aliphatic rings. The first kappa shape index (κ1) is 17.3. The van der Waals surface area contributed by atoms with Crippen molar-refractivity contribution in [2.24, 2.45) is 5.10 Å². The van der Waals surface area contributed by atoms with E-state index in [0.717, 1.165) is 12.0 Å². The summed E-state index contributed by atoms with van der Waals surface area (Å²) in [5, 5.41) is 25.5. The molecule has 0 atom stereocenters. The van der Waals surface area contributed by atoms with Crippen molar-refractivity contribution in [1.82, 2.24) is 4.98 Å². The Bertz CT molecular complexity index is 691. The fourth-order valence-electron chi connectivity index (χ4n) is 1.98. The van der Waals surface area contributed by atoms with Crippen LogP contribution in [-0.4, -0.2) is 35.0 Å². The van der Waals surface area contributed by atoms with Crippen LogP contribution in [0, 0.1) is 6.92 Å². The zero-order chi connectivity index (χ0) is 16.8. The molecule has 0 aliphatic heterocycles. The lowest BCUT2D eigenvalue weighted by molar-refractivity contribution is 0.317. The van der Waals surface area contributed by atoms with Gasteiger partial charge in [-0.25, -0.2) is 4.98 Å². The van der Waals surface area contributed by atoms with Crippen molar-refractivity contribution in [3.63, 3.8) is 0 Å². The Morgan fingerprint density at radius 3 is 2.87 bits per heavy atom. The van der Waals surface area contributed by atoms with Crippen molar-refractivity contribution in [2.75, 3.05) is 17.8 Å². The van der Waals surface area contributed by atoms with Crippen molar-refractivity contribution in [3.05, 3.63) is 28.6 Å². The molecule has 9 heteroatoms. The predicted molar refractivity (Wildman–Crippen MR) is 94.5 cm³/mol. The maximum absolute atomic E-state index is 9.55. The highest BCUT2D eigenvalue weighted by molar-refractivity contribution is 7.14. The van der Waals surface area contributed by atoms with Gasteiger partial charge in [0.05, 0.1) is 12.8 Å². The lowest BCUT2D eigenvalue weighted by Crippen LogP contribution is -2.32. The average Bonchev–Trinajstić information content (AvgIpc) is 2.91. The van der Waals surface area contributed by atoms with Crippen molar-refractivity contribution in [2.45, 2.75) is 20.3 Å². The first-order chi connectivity index (χ1) is 11.0. The van der Waals surface area contributed by atoms with Crippen molar-refractivity contribution in [1.29, 1.82) is 0 Å². The summed E-state index contributed by atoms with van der Waals surface area (Å²) in [6.45, 7) is 4.31. The highest BCUT2D eigenvalue weighted by atomic mass is 32.1. The van der Waals surface area contributed by atoms with Gasteiger partial charge in [-0.15, -0.1) is 11.3 Å². The summed E-state index contributed by atoms with van der Waals surface area (Å²) >= 11 is 1.34. The van der Waals surface area contributed by atoms with Gasteiger partial charge in [-0.2, -0.15) is 5.10 Å². The molecule has 0 spiro atoms. The quantitative estimate of drug-likeness (QED) is 0.341. The van der Waals surface area contributed by atoms with Crippen LogP contribution in [0.15, 0.2) is 22.6 Å². The van der Waals surface area contributed by atoms with Gasteiger partial charge in [0.25, 0.3) is 0 Å². The molecule has 0 saturated heterocycles. The van der Waals surface area contributed by atoms with Crippen molar-refractivity contribution >= 4 is 41.1 Å². The summed E-state index contributed by atoms with van der Waals surface area (Å²) in [5.74, 6) is 0.845. The molecule has 0 bridgehead atoms. The second kappa shape index (κ2) is 7.95. The Morgan fingerprint density at radius 1 is 1.48 bits per heavy atom. The second-order valence-electron chi connectivity index (χ2n) is 4.94. The number of nitrogens with two attached hydrogens (primary N) is 1. The van der Waals surface area contributed by atoms with Crippen molar-refractivity contribution in [3.8, 4) is 5.75 Å². The molecule has 7 nitrogen and oxygen atoms in total. The van der Waals surface area contributed by atoms with Gasteiger partial charge in [0.2, 0.25) is 5.13 Å². The molecule has 1 aromatic carbocycles. The topological polar surface area (TPSA) is 113 Å². The van der Waals surface area contributed by atoms with Crippen LogP contribution in [0.3, 0.4) is 0 Å². The SMILES string of the molecule is CCCOc1c(C=NNc2nc(N)cs2)cc(C)cc1B(O)O. The number of aromatic nitrogens is 1. The standard InChI is InChI=1S/C14H19BN4O3S/c1-3-4-22-13-10(5-9(2)6-11(13)15(20)21)7-17-19-14-18-12(16)8-23-14/h5-8,20-21H,3-4,16H2,1-2H3,(H,18,19). The first-order valence-electron chi connectivity index (χ1n) is 7.14. The Kier molecular flexibility index (Phi) is 5.97. The largest absolute Gasteiger partial charge is 0.493 e. The van der Waals surface area contributed by atoms with Crippen LogP contribution >= 0.6 is 11.3 Å². The average molecular weight is 334 g/mol. The third kappa shape index (κ3) is 4.69. The summed E-state index contributed by atoms with van der Waals surface area (Å²) in [7, 11) is -1.61. The van der Waals surface area contributed by atoms with E-state index in [4.69, 9.17) is 10.5 Å². The molecule has 2 aromatic rings. The van der Waals surface area contributed by atoms with Crippen molar-refractivity contribution < 1.29 is 14.8 Å². The minimum absolute atomic E-state index is 0.318. The molecule has 0 saturated carbocycles. The van der Waals surface area contributed by atoms with E-state index in [2.05, 4.69) is 15.5 Å². The molecular weight excluding hydrogens is 315 g/mol. The molecule has 2 rings (SSSR count). The van der Waals surface area contributed by atoms with Gasteiger partial charge in [0.1, 0.15) is 11.6 Å². The van der Waals surface area contributed by atoms with Gasteiger partial charge in [-0.3, -0.25) is 5.43 Å². The van der Waals surface area contributed by atoms with Gasteiger partial charge in [-0.05, 0) is 19.4 Å². The van der Waals surface area contributed by atoms with Crippen LogP contribution in [0.1, 0.15) is 24.5 Å². The van der Waals surface area contributed by atoms with E-state index in [1.54, 1.807) is 17.7 Å². The monoisotopic (exact) mass is 334 g/mol. The molecule has 5 N–H and O–H groups in total. The minimum atomic E-state index is -1.61. The maximum atomic E-state index is 9.55. The van der Waals surface area contributed by atoms with Gasteiger partial charge in [0, 0.05) is 16.4 Å². The van der Waals surface area contributed by atoms with Crippen LogP contribution in [0.5, 0.6) is 5.75 Å². The fourth-order valence-corrected chi connectivity index (χ4v) is 2.53. The van der Waals surface area contributed by atoms with Crippen LogP contribution in [-0.2, 0) is 0 Å². The Hall–Kier alpha value is -2.10. The summed E-state index contributed by atoms with van der Waals surface area (Å²) in [6.07, 6.45) is 2.36. The van der Waals surface area contributed by atoms with E-state index in [0.29, 0.717) is 34.3 Å². The number of hydrazone groups is 1. The fraction of sp³-hybridized carbons (Fsp3) is 0.286. The number of thiazole rings is 1. The number of benzene rings is 1. The number of aryl methyl sites for hydroxylation is 1. The molecule has 0 fully saturated rings. The third-order valence-corrected chi connectivity index (χ3v) is 3.67. The van der Waals surface area contributed by atoms with E-state index in [9.17, 15) is 10.0 Å². The van der Waals surface area contributed by atoms with Gasteiger partial charge < -0.3 is 20.5 Å². The van der Waals surface area contributed by atoms with Gasteiger partial charge >= 0.3 is 7.12 Å². The number of ether oxygens (including phenoxy) is 1. The van der Waals surface area contributed by atoms with Crippen LogP contribution in [0.25, 0.3) is 0 Å². The molecule has 0 amide bonds. The number of anilines is 2. The third-order valence-electron chi connectivity index (χ3n) is 2.91. The second-order valence-corrected chi connectivity index (χ2v) is 5.80. The van der Waals surface area contributed by atoms with E-state index in [-0.39, 0.29) is 0 Å². The number of nitrogens with one attached hydrogen (secondary N) is 1.